The molecule has 3 aromatic rings. The van der Waals surface area contributed by atoms with Gasteiger partial charge in [0.25, 0.3) is 11.8 Å². The Morgan fingerprint density at radius 1 is 0.970 bits per heavy atom. The Labute approximate surface area is 190 Å². The standard InChI is InChI=1S/C26H21NO6/c1-3-33-26(31)17-9-11-18(12-10-17)27-24(29)20-7-5-4-6-19(20)21(25(27)30)14-16-8-13-23(32-2)22(28)15-16/h4-15,28H,3H2,1-2H3. The second-order valence-electron chi connectivity index (χ2n) is 7.25. The molecular weight excluding hydrogens is 422 g/mol. The van der Waals surface area contributed by atoms with E-state index < -0.39 is 17.8 Å². The number of aromatic hydroxyl groups is 1. The molecule has 3 aromatic carbocycles. The van der Waals surface area contributed by atoms with Gasteiger partial charge in [0.15, 0.2) is 11.5 Å². The maximum atomic E-state index is 13.5. The van der Waals surface area contributed by atoms with Gasteiger partial charge >= 0.3 is 5.97 Å². The van der Waals surface area contributed by atoms with E-state index in [1.807, 2.05) is 0 Å². The number of phenolic OH excluding ortho intramolecular Hbond substituents is 1. The number of imide groups is 1. The lowest BCUT2D eigenvalue weighted by Crippen LogP contribution is -2.41. The summed E-state index contributed by atoms with van der Waals surface area (Å²) in [6.45, 7) is 1.96. The highest BCUT2D eigenvalue weighted by molar-refractivity contribution is 6.43. The Balaban J connectivity index is 1.78. The maximum Gasteiger partial charge on any atom is 0.338 e. The van der Waals surface area contributed by atoms with Gasteiger partial charge in [0.1, 0.15) is 0 Å². The van der Waals surface area contributed by atoms with E-state index in [4.69, 9.17) is 9.47 Å². The molecule has 7 nitrogen and oxygen atoms in total. The molecule has 0 atom stereocenters. The lowest BCUT2D eigenvalue weighted by Gasteiger charge is -2.28. The van der Waals surface area contributed by atoms with Gasteiger partial charge < -0.3 is 14.6 Å². The van der Waals surface area contributed by atoms with Crippen LogP contribution >= 0.6 is 0 Å². The molecule has 0 fully saturated rings. The summed E-state index contributed by atoms with van der Waals surface area (Å²) in [7, 11) is 1.45. The number of hydrogen-bond acceptors (Lipinski definition) is 6. The highest BCUT2D eigenvalue weighted by Crippen LogP contribution is 2.35. The van der Waals surface area contributed by atoms with Crippen molar-refractivity contribution >= 4 is 35.1 Å². The number of carbonyl (C=O) groups excluding carboxylic acids is 3. The summed E-state index contributed by atoms with van der Waals surface area (Å²) in [6, 6.07) is 17.7. The number of rotatable bonds is 5. The van der Waals surface area contributed by atoms with E-state index in [1.54, 1.807) is 49.4 Å². The molecule has 1 heterocycles. The minimum absolute atomic E-state index is 0.0640. The van der Waals surface area contributed by atoms with Crippen LogP contribution in [0.15, 0.2) is 66.7 Å². The number of phenols is 1. The fraction of sp³-hybridized carbons (Fsp3) is 0.115. The zero-order valence-corrected chi connectivity index (χ0v) is 18.1. The molecule has 0 unspecified atom stereocenters. The predicted molar refractivity (Wildman–Crippen MR) is 123 cm³/mol. The minimum Gasteiger partial charge on any atom is -0.504 e. The normalized spacial score (nSPS) is 14.2. The van der Waals surface area contributed by atoms with Gasteiger partial charge in [-0.05, 0) is 66.6 Å². The van der Waals surface area contributed by atoms with Crippen molar-refractivity contribution < 1.29 is 29.0 Å². The lowest BCUT2D eigenvalue weighted by molar-refractivity contribution is -0.112. The molecule has 1 N–H and O–H groups in total. The first-order valence-corrected chi connectivity index (χ1v) is 10.3. The number of benzene rings is 3. The summed E-state index contributed by atoms with van der Waals surface area (Å²) in [6.07, 6.45) is 1.62. The number of methoxy groups -OCH3 is 1. The zero-order chi connectivity index (χ0) is 23.5. The van der Waals surface area contributed by atoms with Crippen molar-refractivity contribution in [2.75, 3.05) is 18.6 Å². The topological polar surface area (TPSA) is 93.1 Å². The van der Waals surface area contributed by atoms with Crippen molar-refractivity contribution in [1.29, 1.82) is 0 Å². The van der Waals surface area contributed by atoms with Gasteiger partial charge in [-0.3, -0.25) is 9.59 Å². The highest BCUT2D eigenvalue weighted by atomic mass is 16.5. The number of fused-ring (bicyclic) bond motifs is 1. The Bertz CT molecular complexity index is 1280. The number of nitrogens with zero attached hydrogens (tertiary/aromatic N) is 1. The summed E-state index contributed by atoms with van der Waals surface area (Å²) in [5, 5.41) is 10.1. The van der Waals surface area contributed by atoms with Gasteiger partial charge in [-0.2, -0.15) is 0 Å². The summed E-state index contributed by atoms with van der Waals surface area (Å²) >= 11 is 0. The van der Waals surface area contributed by atoms with E-state index in [9.17, 15) is 19.5 Å². The molecule has 2 amide bonds. The fourth-order valence-electron chi connectivity index (χ4n) is 3.65. The van der Waals surface area contributed by atoms with Crippen LogP contribution in [0, 0.1) is 0 Å². The lowest BCUT2D eigenvalue weighted by atomic mass is 9.91. The second kappa shape index (κ2) is 9.00. The molecule has 33 heavy (non-hydrogen) atoms. The maximum absolute atomic E-state index is 13.5. The van der Waals surface area contributed by atoms with Crippen LogP contribution in [-0.4, -0.2) is 36.6 Å². The van der Waals surface area contributed by atoms with Gasteiger partial charge in [-0.15, -0.1) is 0 Å². The van der Waals surface area contributed by atoms with Crippen molar-refractivity contribution in [3.63, 3.8) is 0 Å². The van der Waals surface area contributed by atoms with Crippen LogP contribution in [0.1, 0.15) is 38.8 Å². The first-order valence-electron chi connectivity index (χ1n) is 10.3. The van der Waals surface area contributed by atoms with Crippen LogP contribution in [0.3, 0.4) is 0 Å². The van der Waals surface area contributed by atoms with Crippen LogP contribution in [0.25, 0.3) is 11.6 Å². The van der Waals surface area contributed by atoms with Gasteiger partial charge in [-0.1, -0.05) is 24.3 Å². The quantitative estimate of drug-likeness (QED) is 0.359. The molecule has 1 aliphatic rings. The molecule has 0 bridgehead atoms. The van der Waals surface area contributed by atoms with E-state index >= 15 is 0 Å². The molecule has 0 saturated carbocycles. The summed E-state index contributed by atoms with van der Waals surface area (Å²) in [5.41, 5.74) is 2.39. The molecule has 0 saturated heterocycles. The minimum atomic E-state index is -0.516. The van der Waals surface area contributed by atoms with Crippen LogP contribution in [0.4, 0.5) is 5.69 Å². The van der Waals surface area contributed by atoms with E-state index in [-0.39, 0.29) is 12.4 Å². The summed E-state index contributed by atoms with van der Waals surface area (Å²) in [4.78, 5) is 39.7. The molecule has 0 spiro atoms. The monoisotopic (exact) mass is 443 g/mol. The van der Waals surface area contributed by atoms with Gasteiger partial charge in [0.2, 0.25) is 0 Å². The number of amides is 2. The van der Waals surface area contributed by atoms with E-state index in [2.05, 4.69) is 0 Å². The Morgan fingerprint density at radius 2 is 1.67 bits per heavy atom. The van der Waals surface area contributed by atoms with Crippen LogP contribution < -0.4 is 9.64 Å². The third kappa shape index (κ3) is 4.08. The number of ether oxygens (including phenoxy) is 2. The first-order chi connectivity index (χ1) is 15.9. The SMILES string of the molecule is CCOC(=O)c1ccc(N2C(=O)C(=Cc3ccc(OC)c(O)c3)c3ccccc3C2=O)cc1. The number of esters is 1. The van der Waals surface area contributed by atoms with Crippen LogP contribution in [0.2, 0.25) is 0 Å². The molecular formula is C26H21NO6. The fourth-order valence-corrected chi connectivity index (χ4v) is 3.65. The van der Waals surface area contributed by atoms with Crippen molar-refractivity contribution in [2.45, 2.75) is 6.92 Å². The van der Waals surface area contributed by atoms with E-state index in [0.29, 0.717) is 39.3 Å². The smallest absolute Gasteiger partial charge is 0.338 e. The predicted octanol–water partition coefficient (Wildman–Crippen LogP) is 4.31. The van der Waals surface area contributed by atoms with Crippen molar-refractivity contribution in [2.24, 2.45) is 0 Å². The highest BCUT2D eigenvalue weighted by Gasteiger charge is 2.35. The molecule has 0 radical (unpaired) electrons. The number of carbonyl (C=O) groups is 3. The Hall–Kier alpha value is -4.39. The number of hydrogen-bond donors (Lipinski definition) is 1. The Kier molecular flexibility index (Phi) is 5.95. The molecule has 7 heteroatoms. The first kappa shape index (κ1) is 21.8. The van der Waals surface area contributed by atoms with E-state index in [0.717, 1.165) is 4.90 Å². The van der Waals surface area contributed by atoms with Crippen molar-refractivity contribution in [3.8, 4) is 11.5 Å². The number of anilines is 1. The second-order valence-corrected chi connectivity index (χ2v) is 7.25. The van der Waals surface area contributed by atoms with Crippen LogP contribution in [0.5, 0.6) is 11.5 Å². The van der Waals surface area contributed by atoms with Crippen LogP contribution in [-0.2, 0) is 9.53 Å². The van der Waals surface area contributed by atoms with Crippen molar-refractivity contribution in [1.82, 2.24) is 0 Å². The third-order valence-corrected chi connectivity index (χ3v) is 5.23. The summed E-state index contributed by atoms with van der Waals surface area (Å²) in [5.74, 6) is -1.21. The van der Waals surface area contributed by atoms with E-state index in [1.165, 1.54) is 37.4 Å². The average molecular weight is 443 g/mol. The molecule has 166 valence electrons. The van der Waals surface area contributed by atoms with Crippen molar-refractivity contribution in [3.05, 3.63) is 89.0 Å². The average Bonchev–Trinajstić information content (AvgIpc) is 2.82. The third-order valence-electron chi connectivity index (χ3n) is 5.23. The molecule has 4 rings (SSSR count). The van der Waals surface area contributed by atoms with Gasteiger partial charge in [-0.25, -0.2) is 9.69 Å². The largest absolute Gasteiger partial charge is 0.504 e. The summed E-state index contributed by atoms with van der Waals surface area (Å²) < 4.78 is 10.1. The molecule has 0 aromatic heterocycles. The molecule has 1 aliphatic heterocycles. The van der Waals surface area contributed by atoms with Gasteiger partial charge in [0.05, 0.1) is 25.0 Å². The molecule has 0 aliphatic carbocycles. The Morgan fingerprint density at radius 3 is 2.30 bits per heavy atom. The zero-order valence-electron chi connectivity index (χ0n) is 18.1. The van der Waals surface area contributed by atoms with Gasteiger partial charge in [0, 0.05) is 11.1 Å².